The highest BCUT2D eigenvalue weighted by molar-refractivity contribution is 5.99. The minimum absolute atomic E-state index is 0.0772. The molecule has 1 N–H and O–H groups in total. The standard InChI is InChI=1S/C15H17FN4O2/c1-3-20(10(2)9-21)15(22)12-7-11(16)8-19-13(12)14-17-5-4-6-18-14/h4-8,10,21H,3,9H2,1-2H3/t10-/m0/s1. The van der Waals surface area contributed by atoms with Gasteiger partial charge in [-0.3, -0.25) is 4.79 Å². The van der Waals surface area contributed by atoms with Crippen molar-refractivity contribution in [2.75, 3.05) is 13.2 Å². The van der Waals surface area contributed by atoms with Gasteiger partial charge < -0.3 is 10.0 Å². The zero-order valence-corrected chi connectivity index (χ0v) is 12.4. The molecule has 0 aromatic carbocycles. The number of pyridine rings is 1. The Hall–Kier alpha value is -2.41. The van der Waals surface area contributed by atoms with Crippen molar-refractivity contribution < 1.29 is 14.3 Å². The van der Waals surface area contributed by atoms with Gasteiger partial charge in [0.2, 0.25) is 0 Å². The van der Waals surface area contributed by atoms with E-state index in [0.29, 0.717) is 6.54 Å². The average Bonchev–Trinajstić information content (AvgIpc) is 2.55. The van der Waals surface area contributed by atoms with Crippen molar-refractivity contribution in [2.24, 2.45) is 0 Å². The van der Waals surface area contributed by atoms with E-state index in [1.54, 1.807) is 19.9 Å². The molecular weight excluding hydrogens is 287 g/mol. The van der Waals surface area contributed by atoms with E-state index < -0.39 is 11.7 Å². The minimum atomic E-state index is -0.615. The second-order valence-electron chi connectivity index (χ2n) is 4.74. The first-order valence-electron chi connectivity index (χ1n) is 6.93. The molecule has 0 saturated heterocycles. The van der Waals surface area contributed by atoms with E-state index in [4.69, 9.17) is 0 Å². The SMILES string of the molecule is CCN(C(=O)c1cc(F)cnc1-c1ncccn1)[C@@H](C)CO. The molecule has 0 saturated carbocycles. The first-order valence-corrected chi connectivity index (χ1v) is 6.93. The zero-order valence-electron chi connectivity index (χ0n) is 12.4. The Balaban J connectivity index is 2.50. The molecule has 0 unspecified atom stereocenters. The fraction of sp³-hybridized carbons (Fsp3) is 0.333. The number of aliphatic hydroxyl groups excluding tert-OH is 1. The number of rotatable bonds is 5. The van der Waals surface area contributed by atoms with Crippen LogP contribution in [0.3, 0.4) is 0 Å². The third-order valence-electron chi connectivity index (χ3n) is 3.26. The van der Waals surface area contributed by atoms with Gasteiger partial charge in [0.05, 0.1) is 24.4 Å². The lowest BCUT2D eigenvalue weighted by atomic mass is 10.1. The summed E-state index contributed by atoms with van der Waals surface area (Å²) < 4.78 is 13.6. The first kappa shape index (κ1) is 16.0. The molecule has 1 atom stereocenters. The topological polar surface area (TPSA) is 79.2 Å². The van der Waals surface area contributed by atoms with E-state index in [1.165, 1.54) is 17.3 Å². The fourth-order valence-corrected chi connectivity index (χ4v) is 2.11. The Morgan fingerprint density at radius 2 is 2.05 bits per heavy atom. The van der Waals surface area contributed by atoms with Gasteiger partial charge in [0.15, 0.2) is 5.82 Å². The van der Waals surface area contributed by atoms with Crippen LogP contribution in [0.1, 0.15) is 24.2 Å². The second-order valence-corrected chi connectivity index (χ2v) is 4.74. The Kier molecular flexibility index (Phi) is 5.11. The predicted octanol–water partition coefficient (Wildman–Crippen LogP) is 1.52. The van der Waals surface area contributed by atoms with Crippen molar-refractivity contribution in [2.45, 2.75) is 19.9 Å². The maximum absolute atomic E-state index is 13.6. The van der Waals surface area contributed by atoms with Crippen LogP contribution >= 0.6 is 0 Å². The van der Waals surface area contributed by atoms with Crippen LogP contribution in [0.25, 0.3) is 11.5 Å². The lowest BCUT2D eigenvalue weighted by Gasteiger charge is -2.27. The van der Waals surface area contributed by atoms with E-state index in [-0.39, 0.29) is 29.7 Å². The lowest BCUT2D eigenvalue weighted by molar-refractivity contribution is 0.0632. The Morgan fingerprint density at radius 1 is 1.36 bits per heavy atom. The van der Waals surface area contributed by atoms with E-state index >= 15 is 0 Å². The lowest BCUT2D eigenvalue weighted by Crippen LogP contribution is -2.40. The van der Waals surface area contributed by atoms with Gasteiger partial charge >= 0.3 is 0 Å². The molecule has 1 amide bonds. The monoisotopic (exact) mass is 304 g/mol. The normalized spacial score (nSPS) is 12.0. The van der Waals surface area contributed by atoms with Gasteiger partial charge in [-0.15, -0.1) is 0 Å². The maximum atomic E-state index is 13.6. The number of likely N-dealkylation sites (N-methyl/N-ethyl adjacent to an activating group) is 1. The number of aliphatic hydroxyl groups is 1. The number of nitrogens with zero attached hydrogens (tertiary/aromatic N) is 4. The number of carbonyl (C=O) groups excluding carboxylic acids is 1. The van der Waals surface area contributed by atoms with Crippen LogP contribution < -0.4 is 0 Å². The summed E-state index contributed by atoms with van der Waals surface area (Å²) in [6, 6.07) is 2.37. The molecular formula is C15H17FN4O2. The highest BCUT2D eigenvalue weighted by atomic mass is 19.1. The van der Waals surface area contributed by atoms with Gasteiger partial charge in [-0.2, -0.15) is 0 Å². The number of hydrogen-bond donors (Lipinski definition) is 1. The number of carbonyl (C=O) groups is 1. The van der Waals surface area contributed by atoms with Crippen molar-refractivity contribution in [3.05, 3.63) is 42.1 Å². The minimum Gasteiger partial charge on any atom is -0.394 e. The molecule has 0 bridgehead atoms. The fourth-order valence-electron chi connectivity index (χ4n) is 2.11. The third kappa shape index (κ3) is 3.25. The molecule has 116 valence electrons. The molecule has 2 aromatic heterocycles. The molecule has 6 nitrogen and oxygen atoms in total. The van der Waals surface area contributed by atoms with Gasteiger partial charge in [0, 0.05) is 18.9 Å². The van der Waals surface area contributed by atoms with Gasteiger partial charge in [-0.1, -0.05) is 0 Å². The molecule has 2 rings (SSSR count). The van der Waals surface area contributed by atoms with E-state index in [2.05, 4.69) is 15.0 Å². The van der Waals surface area contributed by atoms with Crippen LogP contribution in [0.5, 0.6) is 0 Å². The van der Waals surface area contributed by atoms with Crippen LogP contribution in [0, 0.1) is 5.82 Å². The molecule has 0 radical (unpaired) electrons. The smallest absolute Gasteiger partial charge is 0.256 e. The van der Waals surface area contributed by atoms with Crippen molar-refractivity contribution in [3.8, 4) is 11.5 Å². The molecule has 2 heterocycles. The van der Waals surface area contributed by atoms with Crippen molar-refractivity contribution in [1.82, 2.24) is 19.9 Å². The van der Waals surface area contributed by atoms with Crippen LogP contribution in [0.2, 0.25) is 0 Å². The number of aromatic nitrogens is 3. The molecule has 0 aliphatic carbocycles. The highest BCUT2D eigenvalue weighted by Crippen LogP contribution is 2.20. The molecule has 0 aliphatic rings. The molecule has 7 heteroatoms. The molecule has 2 aromatic rings. The number of halogens is 1. The number of amides is 1. The number of hydrogen-bond acceptors (Lipinski definition) is 5. The van der Waals surface area contributed by atoms with Crippen LogP contribution in [-0.2, 0) is 0 Å². The Labute approximate surface area is 127 Å². The quantitative estimate of drug-likeness (QED) is 0.906. The predicted molar refractivity (Wildman–Crippen MR) is 78.5 cm³/mol. The van der Waals surface area contributed by atoms with Crippen LogP contribution in [-0.4, -0.2) is 50.1 Å². The van der Waals surface area contributed by atoms with Crippen LogP contribution in [0.4, 0.5) is 4.39 Å². The first-order chi connectivity index (χ1) is 10.6. The summed E-state index contributed by atoms with van der Waals surface area (Å²) in [7, 11) is 0. The van der Waals surface area contributed by atoms with E-state index in [0.717, 1.165) is 12.3 Å². The van der Waals surface area contributed by atoms with Crippen LogP contribution in [0.15, 0.2) is 30.7 Å². The summed E-state index contributed by atoms with van der Waals surface area (Å²) >= 11 is 0. The van der Waals surface area contributed by atoms with Gasteiger partial charge in [0.25, 0.3) is 5.91 Å². The summed E-state index contributed by atoms with van der Waals surface area (Å²) in [6.07, 6.45) is 4.07. The largest absolute Gasteiger partial charge is 0.394 e. The van der Waals surface area contributed by atoms with Crippen molar-refractivity contribution >= 4 is 5.91 Å². The Morgan fingerprint density at radius 3 is 2.64 bits per heavy atom. The summed E-state index contributed by atoms with van der Waals surface area (Å²) in [5.41, 5.74) is 0.295. The average molecular weight is 304 g/mol. The summed E-state index contributed by atoms with van der Waals surface area (Å²) in [4.78, 5) is 26.2. The third-order valence-corrected chi connectivity index (χ3v) is 3.26. The summed E-state index contributed by atoms with van der Waals surface area (Å²) in [6.45, 7) is 3.70. The highest BCUT2D eigenvalue weighted by Gasteiger charge is 2.24. The molecule has 0 aliphatic heterocycles. The second kappa shape index (κ2) is 7.04. The zero-order chi connectivity index (χ0) is 16.1. The maximum Gasteiger partial charge on any atom is 0.256 e. The molecule has 22 heavy (non-hydrogen) atoms. The van der Waals surface area contributed by atoms with Gasteiger partial charge in [0.1, 0.15) is 11.5 Å². The summed E-state index contributed by atoms with van der Waals surface area (Å²) in [5, 5.41) is 9.26. The van der Waals surface area contributed by atoms with Gasteiger partial charge in [-0.05, 0) is 26.0 Å². The van der Waals surface area contributed by atoms with E-state index in [9.17, 15) is 14.3 Å². The van der Waals surface area contributed by atoms with E-state index in [1.807, 2.05) is 0 Å². The van der Waals surface area contributed by atoms with Crippen molar-refractivity contribution in [3.63, 3.8) is 0 Å². The van der Waals surface area contributed by atoms with Crippen molar-refractivity contribution in [1.29, 1.82) is 0 Å². The van der Waals surface area contributed by atoms with Gasteiger partial charge in [-0.25, -0.2) is 19.3 Å². The summed E-state index contributed by atoms with van der Waals surface area (Å²) in [5.74, 6) is -0.784. The Bertz CT molecular complexity index is 651. The molecule has 0 spiro atoms. The molecule has 0 fully saturated rings.